The SMILES string of the molecule is COC(=O)/C=C/[C@@H](C)C[C@@H]1OC(C)(C)O[C@]1(C)CCO. The van der Waals surface area contributed by atoms with Gasteiger partial charge >= 0.3 is 5.97 Å². The van der Waals surface area contributed by atoms with Gasteiger partial charge in [0.2, 0.25) is 0 Å². The molecule has 0 unspecified atom stereocenters. The van der Waals surface area contributed by atoms with E-state index in [0.717, 1.165) is 0 Å². The summed E-state index contributed by atoms with van der Waals surface area (Å²) in [5.41, 5.74) is -0.508. The average Bonchev–Trinajstić information content (AvgIpc) is 2.56. The molecule has 5 nitrogen and oxygen atoms in total. The average molecular weight is 286 g/mol. The molecule has 1 aliphatic heterocycles. The Balaban J connectivity index is 2.68. The zero-order valence-corrected chi connectivity index (χ0v) is 13.0. The molecule has 1 rings (SSSR count). The van der Waals surface area contributed by atoms with Gasteiger partial charge in [-0.25, -0.2) is 4.79 Å². The van der Waals surface area contributed by atoms with E-state index in [1.54, 1.807) is 6.08 Å². The van der Waals surface area contributed by atoms with Gasteiger partial charge < -0.3 is 19.3 Å². The van der Waals surface area contributed by atoms with Crippen LogP contribution < -0.4 is 0 Å². The van der Waals surface area contributed by atoms with Crippen LogP contribution in [0.25, 0.3) is 0 Å². The first-order chi connectivity index (χ1) is 9.22. The molecule has 0 aromatic carbocycles. The van der Waals surface area contributed by atoms with Crippen LogP contribution in [0, 0.1) is 5.92 Å². The van der Waals surface area contributed by atoms with Crippen molar-refractivity contribution in [3.8, 4) is 0 Å². The highest BCUT2D eigenvalue weighted by atomic mass is 16.8. The molecule has 0 spiro atoms. The summed E-state index contributed by atoms with van der Waals surface area (Å²) in [5.74, 6) is -0.867. The molecule has 0 saturated carbocycles. The van der Waals surface area contributed by atoms with Crippen molar-refractivity contribution in [3.63, 3.8) is 0 Å². The molecule has 1 heterocycles. The number of rotatable bonds is 6. The van der Waals surface area contributed by atoms with Gasteiger partial charge in [-0.2, -0.15) is 0 Å². The summed E-state index contributed by atoms with van der Waals surface area (Å²) in [6, 6.07) is 0. The van der Waals surface area contributed by atoms with Crippen LogP contribution in [-0.4, -0.2) is 42.3 Å². The monoisotopic (exact) mass is 286 g/mol. The predicted octanol–water partition coefficient (Wildman–Crippen LogP) is 2.03. The van der Waals surface area contributed by atoms with E-state index in [0.29, 0.717) is 12.8 Å². The molecule has 0 aromatic heterocycles. The number of carbonyl (C=O) groups excluding carboxylic acids is 1. The van der Waals surface area contributed by atoms with Crippen LogP contribution in [0.2, 0.25) is 0 Å². The zero-order valence-electron chi connectivity index (χ0n) is 13.0. The molecule has 1 N–H and O–H groups in total. The minimum Gasteiger partial charge on any atom is -0.466 e. The molecule has 0 aromatic rings. The van der Waals surface area contributed by atoms with Gasteiger partial charge in [0.25, 0.3) is 0 Å². The first-order valence-electron chi connectivity index (χ1n) is 6.97. The number of hydrogen-bond donors (Lipinski definition) is 1. The van der Waals surface area contributed by atoms with Crippen molar-refractivity contribution in [3.05, 3.63) is 12.2 Å². The Bertz CT molecular complexity index is 363. The smallest absolute Gasteiger partial charge is 0.330 e. The molecular weight excluding hydrogens is 260 g/mol. The molecule has 0 bridgehead atoms. The Morgan fingerprint density at radius 3 is 2.65 bits per heavy atom. The van der Waals surface area contributed by atoms with Crippen LogP contribution in [0.1, 0.15) is 40.5 Å². The lowest BCUT2D eigenvalue weighted by molar-refractivity contribution is -0.162. The number of aliphatic hydroxyl groups is 1. The molecule has 5 heteroatoms. The number of hydrogen-bond acceptors (Lipinski definition) is 5. The summed E-state index contributed by atoms with van der Waals surface area (Å²) in [5, 5.41) is 9.21. The van der Waals surface area contributed by atoms with E-state index in [-0.39, 0.29) is 24.6 Å². The van der Waals surface area contributed by atoms with Crippen molar-refractivity contribution in [2.24, 2.45) is 5.92 Å². The van der Waals surface area contributed by atoms with E-state index in [1.165, 1.54) is 13.2 Å². The summed E-state index contributed by atoms with van der Waals surface area (Å²) in [4.78, 5) is 11.1. The quantitative estimate of drug-likeness (QED) is 0.598. The molecule has 0 aliphatic carbocycles. The second-order valence-corrected chi connectivity index (χ2v) is 5.99. The van der Waals surface area contributed by atoms with E-state index in [1.807, 2.05) is 27.7 Å². The Morgan fingerprint density at radius 1 is 1.45 bits per heavy atom. The standard InChI is InChI=1S/C15H26O5/c1-11(6-7-13(17)18-5)10-12-15(4,8-9-16)20-14(2,3)19-12/h6-7,11-12,16H,8-10H2,1-5H3/b7-6+/t11-,12+,15-/m1/s1. The molecule has 1 saturated heterocycles. The van der Waals surface area contributed by atoms with Gasteiger partial charge in [0.1, 0.15) is 0 Å². The van der Waals surface area contributed by atoms with Crippen LogP contribution in [0.15, 0.2) is 12.2 Å². The Hall–Kier alpha value is -0.910. The van der Waals surface area contributed by atoms with E-state index in [4.69, 9.17) is 9.47 Å². The summed E-state index contributed by atoms with van der Waals surface area (Å²) < 4.78 is 16.4. The summed E-state index contributed by atoms with van der Waals surface area (Å²) >= 11 is 0. The van der Waals surface area contributed by atoms with Gasteiger partial charge in [-0.15, -0.1) is 0 Å². The number of allylic oxidation sites excluding steroid dienone is 1. The molecule has 3 atom stereocenters. The van der Waals surface area contributed by atoms with Crippen LogP contribution in [-0.2, 0) is 19.0 Å². The number of carbonyl (C=O) groups is 1. The maximum absolute atomic E-state index is 11.1. The van der Waals surface area contributed by atoms with E-state index in [2.05, 4.69) is 4.74 Å². The maximum Gasteiger partial charge on any atom is 0.330 e. The highest BCUT2D eigenvalue weighted by molar-refractivity contribution is 5.81. The molecule has 1 aliphatic rings. The molecule has 116 valence electrons. The van der Waals surface area contributed by atoms with Crippen molar-refractivity contribution >= 4 is 5.97 Å². The molecule has 20 heavy (non-hydrogen) atoms. The first-order valence-corrected chi connectivity index (χ1v) is 6.97. The van der Waals surface area contributed by atoms with Gasteiger partial charge in [-0.05, 0) is 33.1 Å². The van der Waals surface area contributed by atoms with E-state index in [9.17, 15) is 9.90 Å². The highest BCUT2D eigenvalue weighted by Crippen LogP contribution is 2.41. The maximum atomic E-state index is 11.1. The van der Waals surface area contributed by atoms with Crippen LogP contribution in [0.4, 0.5) is 0 Å². The Labute approximate surface area is 120 Å². The second kappa shape index (κ2) is 6.70. The second-order valence-electron chi connectivity index (χ2n) is 5.99. The molecule has 1 fully saturated rings. The van der Waals surface area contributed by atoms with Crippen molar-refractivity contribution in [2.45, 2.75) is 58.0 Å². The van der Waals surface area contributed by atoms with Crippen LogP contribution in [0.5, 0.6) is 0 Å². The molecule has 0 amide bonds. The highest BCUT2D eigenvalue weighted by Gasteiger charge is 2.49. The van der Waals surface area contributed by atoms with Gasteiger partial charge in [-0.1, -0.05) is 13.0 Å². The normalized spacial score (nSPS) is 30.6. The topological polar surface area (TPSA) is 65.0 Å². The molecular formula is C15H26O5. The third-order valence-corrected chi connectivity index (χ3v) is 3.54. The minimum atomic E-state index is -0.652. The fraction of sp³-hybridized carbons (Fsp3) is 0.800. The number of ether oxygens (including phenoxy) is 3. The van der Waals surface area contributed by atoms with E-state index < -0.39 is 11.4 Å². The predicted molar refractivity (Wildman–Crippen MR) is 75.1 cm³/mol. The summed E-state index contributed by atoms with van der Waals surface area (Å²) in [6.45, 7) is 7.76. The van der Waals surface area contributed by atoms with Crippen LogP contribution in [0.3, 0.4) is 0 Å². The van der Waals surface area contributed by atoms with Gasteiger partial charge in [0, 0.05) is 19.1 Å². The van der Waals surface area contributed by atoms with Crippen LogP contribution >= 0.6 is 0 Å². The first kappa shape index (κ1) is 17.1. The van der Waals surface area contributed by atoms with E-state index >= 15 is 0 Å². The van der Waals surface area contributed by atoms with Gasteiger partial charge in [-0.3, -0.25) is 0 Å². The molecule has 0 radical (unpaired) electrons. The lowest BCUT2D eigenvalue weighted by Crippen LogP contribution is -2.38. The largest absolute Gasteiger partial charge is 0.466 e. The Kier molecular flexibility index (Phi) is 5.74. The number of methoxy groups -OCH3 is 1. The van der Waals surface area contributed by atoms with Crippen molar-refractivity contribution in [2.75, 3.05) is 13.7 Å². The lowest BCUT2D eigenvalue weighted by atomic mass is 9.89. The number of esters is 1. The van der Waals surface area contributed by atoms with Crippen molar-refractivity contribution in [1.29, 1.82) is 0 Å². The fourth-order valence-electron chi connectivity index (χ4n) is 2.58. The summed E-state index contributed by atoms with van der Waals surface area (Å²) in [7, 11) is 1.35. The lowest BCUT2D eigenvalue weighted by Gasteiger charge is -2.29. The van der Waals surface area contributed by atoms with Crippen molar-refractivity contribution < 1.29 is 24.1 Å². The van der Waals surface area contributed by atoms with Gasteiger partial charge in [0.15, 0.2) is 5.79 Å². The third-order valence-electron chi connectivity index (χ3n) is 3.54. The van der Waals surface area contributed by atoms with Crippen molar-refractivity contribution in [1.82, 2.24) is 0 Å². The number of aliphatic hydroxyl groups excluding tert-OH is 1. The minimum absolute atomic E-state index is 0.0544. The Morgan fingerprint density at radius 2 is 2.10 bits per heavy atom. The zero-order chi connectivity index (χ0) is 15.4. The third kappa shape index (κ3) is 4.58. The summed E-state index contributed by atoms with van der Waals surface area (Å²) in [6.07, 6.45) is 4.35. The van der Waals surface area contributed by atoms with Gasteiger partial charge in [0.05, 0.1) is 18.8 Å². The fourth-order valence-corrected chi connectivity index (χ4v) is 2.58.